The molecule has 236 valence electrons. The average molecular weight is 643 g/mol. The zero-order valence-corrected chi connectivity index (χ0v) is 27.0. The van der Waals surface area contributed by atoms with Gasteiger partial charge in [-0.25, -0.2) is 9.98 Å². The monoisotopic (exact) mass is 642 g/mol. The van der Waals surface area contributed by atoms with Crippen molar-refractivity contribution in [2.45, 2.75) is 6.17 Å². The minimum atomic E-state index is -0.294. The summed E-state index contributed by atoms with van der Waals surface area (Å²) in [5.74, 6) is 1.41. The van der Waals surface area contributed by atoms with Crippen molar-refractivity contribution >= 4 is 55.4 Å². The highest BCUT2D eigenvalue weighted by molar-refractivity contribution is 6.21. The molecule has 1 atom stereocenters. The third-order valence-corrected chi connectivity index (χ3v) is 9.67. The van der Waals surface area contributed by atoms with Crippen LogP contribution < -0.4 is 5.32 Å². The molecule has 2 aromatic heterocycles. The summed E-state index contributed by atoms with van der Waals surface area (Å²) in [5.41, 5.74) is 10.3. The van der Waals surface area contributed by atoms with Crippen molar-refractivity contribution in [1.29, 1.82) is 0 Å². The molecule has 0 saturated heterocycles. The minimum Gasteiger partial charge on any atom is -0.455 e. The third-order valence-electron chi connectivity index (χ3n) is 9.67. The Kier molecular flexibility index (Phi) is 6.49. The summed E-state index contributed by atoms with van der Waals surface area (Å²) < 4.78 is 9.10. The quantitative estimate of drug-likeness (QED) is 0.203. The molecular weight excluding hydrogens is 613 g/mol. The lowest BCUT2D eigenvalue weighted by Gasteiger charge is -2.23. The van der Waals surface area contributed by atoms with Gasteiger partial charge in [0.25, 0.3) is 0 Å². The molecule has 9 aromatic rings. The van der Waals surface area contributed by atoms with Gasteiger partial charge in [0, 0.05) is 32.8 Å². The number of aromatic nitrogens is 1. The number of benzene rings is 7. The van der Waals surface area contributed by atoms with Gasteiger partial charge in [0.2, 0.25) is 0 Å². The number of furan rings is 1. The first-order chi connectivity index (χ1) is 24.8. The fourth-order valence-electron chi connectivity index (χ4n) is 7.38. The Morgan fingerprint density at radius 1 is 0.540 bits per heavy atom. The van der Waals surface area contributed by atoms with E-state index in [0.717, 1.165) is 61.3 Å². The molecule has 5 heteroatoms. The number of hydrogen-bond acceptors (Lipinski definition) is 4. The van der Waals surface area contributed by atoms with Crippen molar-refractivity contribution < 1.29 is 4.42 Å². The van der Waals surface area contributed by atoms with Crippen LogP contribution in [-0.2, 0) is 0 Å². The Balaban J connectivity index is 1.17. The molecule has 0 amide bonds. The van der Waals surface area contributed by atoms with Gasteiger partial charge in [-0.2, -0.15) is 0 Å². The molecule has 7 aromatic carbocycles. The Hall–Kier alpha value is -6.72. The van der Waals surface area contributed by atoms with Gasteiger partial charge in [-0.1, -0.05) is 133 Å². The topological polar surface area (TPSA) is 54.8 Å². The minimum absolute atomic E-state index is 0.294. The molecule has 0 bridgehead atoms. The molecule has 3 heterocycles. The van der Waals surface area contributed by atoms with Crippen molar-refractivity contribution in [3.05, 3.63) is 187 Å². The molecule has 10 rings (SSSR count). The zero-order valence-electron chi connectivity index (χ0n) is 27.0. The summed E-state index contributed by atoms with van der Waals surface area (Å²) >= 11 is 0. The number of amidine groups is 2. The highest BCUT2D eigenvalue weighted by Crippen LogP contribution is 2.41. The molecule has 0 fully saturated rings. The Bertz CT molecular complexity index is 2780. The maximum Gasteiger partial charge on any atom is 0.163 e. The molecule has 50 heavy (non-hydrogen) atoms. The average Bonchev–Trinajstić information content (AvgIpc) is 3.74. The van der Waals surface area contributed by atoms with Crippen LogP contribution in [0.2, 0.25) is 0 Å². The standard InChI is InChI=1S/C45H30N4O/c1-4-14-29(15-5-1)43-46-44(30-16-6-2-7-17-30)48-45(47-43)37-23-12-22-36-41-33(21-13-25-40(41)50-42(36)37)31-26-27-35-34-20-10-11-24-38(34)49(39(35)28-31)32-18-8-3-9-19-32/h1-28,43H,(H,46,47,48). The van der Waals surface area contributed by atoms with Gasteiger partial charge in [0.15, 0.2) is 5.84 Å². The largest absolute Gasteiger partial charge is 0.455 e. The van der Waals surface area contributed by atoms with Crippen LogP contribution in [0, 0.1) is 0 Å². The van der Waals surface area contributed by atoms with Crippen molar-refractivity contribution in [3.63, 3.8) is 0 Å². The van der Waals surface area contributed by atoms with Gasteiger partial charge in [0.05, 0.1) is 16.6 Å². The molecule has 0 saturated carbocycles. The number of aliphatic imine (C=N–C) groups is 2. The van der Waals surface area contributed by atoms with E-state index in [1.165, 1.54) is 21.8 Å². The maximum absolute atomic E-state index is 6.73. The maximum atomic E-state index is 6.73. The highest BCUT2D eigenvalue weighted by atomic mass is 16.3. The third kappa shape index (κ3) is 4.55. The van der Waals surface area contributed by atoms with Crippen LogP contribution in [0.25, 0.3) is 60.6 Å². The van der Waals surface area contributed by atoms with Crippen LogP contribution >= 0.6 is 0 Å². The van der Waals surface area contributed by atoms with Crippen molar-refractivity contribution in [3.8, 4) is 16.8 Å². The van der Waals surface area contributed by atoms with Crippen molar-refractivity contribution in [2.75, 3.05) is 0 Å². The summed E-state index contributed by atoms with van der Waals surface area (Å²) in [5, 5.41) is 8.13. The Labute approximate surface area is 288 Å². The normalized spacial score (nSPS) is 14.6. The smallest absolute Gasteiger partial charge is 0.163 e. The van der Waals surface area contributed by atoms with Gasteiger partial charge >= 0.3 is 0 Å². The van der Waals surface area contributed by atoms with E-state index < -0.39 is 0 Å². The van der Waals surface area contributed by atoms with E-state index in [1.807, 2.05) is 36.4 Å². The first kappa shape index (κ1) is 28.3. The molecular formula is C45H30N4O. The first-order valence-corrected chi connectivity index (χ1v) is 16.9. The zero-order chi connectivity index (χ0) is 33.0. The lowest BCUT2D eigenvalue weighted by Crippen LogP contribution is -2.33. The number of fused-ring (bicyclic) bond motifs is 6. The summed E-state index contributed by atoms with van der Waals surface area (Å²) in [4.78, 5) is 10.2. The fraction of sp³-hybridized carbons (Fsp3) is 0.0222. The van der Waals surface area contributed by atoms with Crippen LogP contribution in [0.1, 0.15) is 22.9 Å². The van der Waals surface area contributed by atoms with Crippen LogP contribution in [0.3, 0.4) is 0 Å². The molecule has 1 aliphatic rings. The van der Waals surface area contributed by atoms with E-state index in [-0.39, 0.29) is 6.17 Å². The van der Waals surface area contributed by atoms with E-state index in [2.05, 4.69) is 143 Å². The van der Waals surface area contributed by atoms with E-state index in [1.54, 1.807) is 0 Å². The van der Waals surface area contributed by atoms with E-state index in [0.29, 0.717) is 5.84 Å². The molecule has 0 spiro atoms. The second-order valence-electron chi connectivity index (χ2n) is 12.6. The van der Waals surface area contributed by atoms with Crippen LogP contribution in [0.15, 0.2) is 184 Å². The van der Waals surface area contributed by atoms with E-state index in [9.17, 15) is 0 Å². The molecule has 1 aliphatic heterocycles. The predicted octanol–water partition coefficient (Wildman–Crippen LogP) is 10.8. The van der Waals surface area contributed by atoms with Gasteiger partial charge in [-0.15, -0.1) is 0 Å². The fourth-order valence-corrected chi connectivity index (χ4v) is 7.38. The number of para-hydroxylation sites is 3. The van der Waals surface area contributed by atoms with Crippen molar-refractivity contribution in [2.24, 2.45) is 9.98 Å². The van der Waals surface area contributed by atoms with E-state index in [4.69, 9.17) is 14.4 Å². The highest BCUT2D eigenvalue weighted by Gasteiger charge is 2.24. The lowest BCUT2D eigenvalue weighted by molar-refractivity contribution is 0.663. The molecule has 5 nitrogen and oxygen atoms in total. The summed E-state index contributed by atoms with van der Waals surface area (Å²) in [7, 11) is 0. The summed E-state index contributed by atoms with van der Waals surface area (Å²) in [6.07, 6.45) is -0.294. The van der Waals surface area contributed by atoms with Crippen molar-refractivity contribution in [1.82, 2.24) is 9.88 Å². The van der Waals surface area contributed by atoms with Crippen LogP contribution in [0.4, 0.5) is 0 Å². The molecule has 1 N–H and O–H groups in total. The number of rotatable bonds is 5. The molecule has 1 unspecified atom stereocenters. The number of nitrogens with one attached hydrogen (secondary N) is 1. The summed E-state index contributed by atoms with van der Waals surface area (Å²) in [6, 6.07) is 59.1. The van der Waals surface area contributed by atoms with Gasteiger partial charge < -0.3 is 14.3 Å². The van der Waals surface area contributed by atoms with Crippen LogP contribution in [0.5, 0.6) is 0 Å². The Morgan fingerprint density at radius 3 is 2.06 bits per heavy atom. The number of hydrogen-bond donors (Lipinski definition) is 1. The summed E-state index contributed by atoms with van der Waals surface area (Å²) in [6.45, 7) is 0. The number of nitrogens with zero attached hydrogens (tertiary/aromatic N) is 3. The molecule has 0 radical (unpaired) electrons. The van der Waals surface area contributed by atoms with Gasteiger partial charge in [-0.3, -0.25) is 0 Å². The predicted molar refractivity (Wildman–Crippen MR) is 205 cm³/mol. The van der Waals surface area contributed by atoms with Gasteiger partial charge in [-0.05, 0) is 53.1 Å². The molecule has 0 aliphatic carbocycles. The second-order valence-corrected chi connectivity index (χ2v) is 12.6. The first-order valence-electron chi connectivity index (χ1n) is 16.9. The van der Waals surface area contributed by atoms with Gasteiger partial charge in [0.1, 0.15) is 23.2 Å². The second kappa shape index (κ2) is 11.5. The lowest BCUT2D eigenvalue weighted by atomic mass is 9.97. The Morgan fingerprint density at radius 2 is 1.22 bits per heavy atom. The SMILES string of the molecule is c1ccc(C2=NC(c3cccc4c3oc3cccc(-c5ccc6c7ccccc7n(-c7ccccc7)c6c5)c34)=NC(c3ccccc3)N2)cc1. The van der Waals surface area contributed by atoms with Crippen LogP contribution in [-0.4, -0.2) is 16.2 Å². The van der Waals surface area contributed by atoms with E-state index >= 15 is 0 Å².